The molecule has 4 aliphatic heterocycles. The molecule has 31 heavy (non-hydrogen) atoms. The Balaban J connectivity index is 0.000000994. The first-order valence-electron chi connectivity index (χ1n) is 11.8. The van der Waals surface area contributed by atoms with Gasteiger partial charge in [-0.1, -0.05) is 13.8 Å². The van der Waals surface area contributed by atoms with Gasteiger partial charge in [0.1, 0.15) is 11.6 Å². The summed E-state index contributed by atoms with van der Waals surface area (Å²) in [5.41, 5.74) is 7.63. The Morgan fingerprint density at radius 2 is 1.16 bits per heavy atom. The van der Waals surface area contributed by atoms with Crippen LogP contribution in [0, 0.1) is 0 Å². The number of hydrogen-bond acceptors (Lipinski definition) is 7. The van der Waals surface area contributed by atoms with Crippen molar-refractivity contribution in [2.75, 3.05) is 41.7 Å². The first-order valence-corrected chi connectivity index (χ1v) is 11.8. The zero-order valence-corrected chi connectivity index (χ0v) is 18.5. The van der Waals surface area contributed by atoms with E-state index in [2.05, 4.69) is 15.9 Å². The Labute approximate surface area is 184 Å². The lowest BCUT2D eigenvalue weighted by Gasteiger charge is -2.35. The summed E-state index contributed by atoms with van der Waals surface area (Å²) in [7, 11) is 0. The number of nitrogens with zero attached hydrogens (tertiary/aromatic N) is 4. The number of nitrogen functional groups attached to an aromatic ring is 1. The molecule has 4 unspecified atom stereocenters. The van der Waals surface area contributed by atoms with Crippen molar-refractivity contribution in [3.8, 4) is 11.4 Å². The van der Waals surface area contributed by atoms with E-state index in [4.69, 9.17) is 25.2 Å². The molecule has 0 aliphatic carbocycles. The number of anilines is 3. The van der Waals surface area contributed by atoms with E-state index in [0.29, 0.717) is 24.4 Å². The molecule has 2 aromatic rings. The summed E-state index contributed by atoms with van der Waals surface area (Å²) in [5, 5.41) is 0. The lowest BCUT2D eigenvalue weighted by Crippen LogP contribution is -2.44. The minimum absolute atomic E-state index is 0.325. The third-order valence-electron chi connectivity index (χ3n) is 6.60. The molecule has 6 rings (SSSR count). The van der Waals surface area contributed by atoms with E-state index >= 15 is 0 Å². The standard InChI is InChI=1S/C22H27N5O2.C2H6/c23-15-3-1-14(2-4-15)22-24-20(26-10-16-5-6-17(11-26)28-16)9-21(25-22)27-12-18-7-8-19(13-27)29-18;1-2/h1-4,9,16-19H,5-8,10-13,23H2;1-2H3. The van der Waals surface area contributed by atoms with Gasteiger partial charge < -0.3 is 25.0 Å². The predicted octanol–water partition coefficient (Wildman–Crippen LogP) is 3.49. The number of aromatic nitrogens is 2. The van der Waals surface area contributed by atoms with E-state index in [0.717, 1.165) is 80.6 Å². The third kappa shape index (κ3) is 4.21. The number of morpholine rings is 2. The summed E-state index contributed by atoms with van der Waals surface area (Å²) in [5.74, 6) is 2.76. The zero-order chi connectivity index (χ0) is 21.4. The molecule has 0 saturated carbocycles. The number of nitrogens with two attached hydrogens (primary N) is 1. The third-order valence-corrected chi connectivity index (χ3v) is 6.60. The maximum Gasteiger partial charge on any atom is 0.163 e. The van der Waals surface area contributed by atoms with Crippen LogP contribution in [0.3, 0.4) is 0 Å². The van der Waals surface area contributed by atoms with Crippen LogP contribution in [0.1, 0.15) is 39.5 Å². The quantitative estimate of drug-likeness (QED) is 0.757. The van der Waals surface area contributed by atoms with Crippen LogP contribution in [0.25, 0.3) is 11.4 Å². The van der Waals surface area contributed by atoms with Gasteiger partial charge in [-0.15, -0.1) is 0 Å². The fourth-order valence-corrected chi connectivity index (χ4v) is 5.11. The first-order chi connectivity index (χ1) is 15.2. The minimum atomic E-state index is 0.325. The van der Waals surface area contributed by atoms with Gasteiger partial charge in [-0.2, -0.15) is 0 Å². The average molecular weight is 424 g/mol. The monoisotopic (exact) mass is 423 g/mol. The fourth-order valence-electron chi connectivity index (χ4n) is 5.11. The summed E-state index contributed by atoms with van der Waals surface area (Å²) >= 11 is 0. The van der Waals surface area contributed by atoms with Gasteiger partial charge in [0.2, 0.25) is 0 Å². The van der Waals surface area contributed by atoms with E-state index < -0.39 is 0 Å². The SMILES string of the molecule is CC.Nc1ccc(-c2nc(N3CC4CCC(C3)O4)cc(N3CC4CCC(C3)O4)n2)cc1. The van der Waals surface area contributed by atoms with Crippen molar-refractivity contribution in [2.24, 2.45) is 0 Å². The molecule has 4 fully saturated rings. The zero-order valence-electron chi connectivity index (χ0n) is 18.5. The van der Waals surface area contributed by atoms with E-state index in [1.165, 1.54) is 0 Å². The smallest absolute Gasteiger partial charge is 0.163 e. The van der Waals surface area contributed by atoms with Crippen molar-refractivity contribution in [1.29, 1.82) is 0 Å². The first kappa shape index (κ1) is 20.5. The van der Waals surface area contributed by atoms with Crippen molar-refractivity contribution in [1.82, 2.24) is 9.97 Å². The largest absolute Gasteiger partial charge is 0.399 e. The van der Waals surface area contributed by atoms with Crippen LogP contribution in [0.15, 0.2) is 30.3 Å². The molecule has 4 saturated heterocycles. The Morgan fingerprint density at radius 3 is 1.58 bits per heavy atom. The van der Waals surface area contributed by atoms with E-state index in [-0.39, 0.29) is 0 Å². The minimum Gasteiger partial charge on any atom is -0.399 e. The van der Waals surface area contributed by atoms with E-state index in [1.807, 2.05) is 38.1 Å². The highest BCUT2D eigenvalue weighted by atomic mass is 16.5. The van der Waals surface area contributed by atoms with Gasteiger partial charge in [0, 0.05) is 43.5 Å². The Morgan fingerprint density at radius 1 is 0.742 bits per heavy atom. The molecule has 4 atom stereocenters. The maximum absolute atomic E-state index is 6.03. The molecule has 0 radical (unpaired) electrons. The molecular formula is C24H33N5O2. The van der Waals surface area contributed by atoms with Crippen LogP contribution in [-0.4, -0.2) is 60.6 Å². The molecule has 2 N–H and O–H groups in total. The van der Waals surface area contributed by atoms with Crippen molar-refractivity contribution in [3.05, 3.63) is 30.3 Å². The van der Waals surface area contributed by atoms with Crippen molar-refractivity contribution >= 4 is 17.3 Å². The molecule has 166 valence electrons. The Hall–Kier alpha value is -2.38. The molecule has 5 heterocycles. The van der Waals surface area contributed by atoms with Crippen molar-refractivity contribution < 1.29 is 9.47 Å². The van der Waals surface area contributed by atoms with Crippen LogP contribution in [0.5, 0.6) is 0 Å². The van der Waals surface area contributed by atoms with Crippen molar-refractivity contribution in [3.63, 3.8) is 0 Å². The van der Waals surface area contributed by atoms with E-state index in [1.54, 1.807) is 0 Å². The maximum atomic E-state index is 6.03. The molecule has 7 nitrogen and oxygen atoms in total. The lowest BCUT2D eigenvalue weighted by molar-refractivity contribution is 0.0299. The second-order valence-electron chi connectivity index (χ2n) is 8.75. The Bertz CT molecular complexity index is 833. The molecule has 0 spiro atoms. The van der Waals surface area contributed by atoms with Crippen LogP contribution < -0.4 is 15.5 Å². The Kier molecular flexibility index (Phi) is 5.71. The summed E-state index contributed by atoms with van der Waals surface area (Å²) in [6.07, 6.45) is 5.90. The van der Waals surface area contributed by atoms with Gasteiger partial charge in [0.15, 0.2) is 5.82 Å². The van der Waals surface area contributed by atoms with Gasteiger partial charge in [0.05, 0.1) is 24.4 Å². The number of rotatable bonds is 3. The van der Waals surface area contributed by atoms with Gasteiger partial charge in [-0.25, -0.2) is 9.97 Å². The van der Waals surface area contributed by atoms with Crippen LogP contribution >= 0.6 is 0 Å². The molecule has 4 bridgehead atoms. The van der Waals surface area contributed by atoms with Crippen LogP contribution in [-0.2, 0) is 9.47 Å². The predicted molar refractivity (Wildman–Crippen MR) is 123 cm³/mol. The van der Waals surface area contributed by atoms with Crippen LogP contribution in [0.4, 0.5) is 17.3 Å². The summed E-state index contributed by atoms with van der Waals surface area (Å²) < 4.78 is 12.1. The molecule has 0 amide bonds. The molecule has 1 aromatic heterocycles. The second kappa shape index (κ2) is 8.63. The lowest BCUT2D eigenvalue weighted by atomic mass is 10.2. The van der Waals surface area contributed by atoms with Gasteiger partial charge in [-0.05, 0) is 49.9 Å². The van der Waals surface area contributed by atoms with Crippen molar-refractivity contribution in [2.45, 2.75) is 63.9 Å². The van der Waals surface area contributed by atoms with E-state index in [9.17, 15) is 0 Å². The highest BCUT2D eigenvalue weighted by Gasteiger charge is 2.36. The van der Waals surface area contributed by atoms with Gasteiger partial charge in [-0.3, -0.25) is 0 Å². The van der Waals surface area contributed by atoms with Crippen LogP contribution in [0.2, 0.25) is 0 Å². The molecule has 4 aliphatic rings. The normalized spacial score (nSPS) is 29.0. The number of hydrogen-bond donors (Lipinski definition) is 1. The molecular weight excluding hydrogens is 390 g/mol. The number of fused-ring (bicyclic) bond motifs is 4. The highest BCUT2D eigenvalue weighted by Crippen LogP contribution is 2.34. The second-order valence-corrected chi connectivity index (χ2v) is 8.75. The summed E-state index contributed by atoms with van der Waals surface area (Å²) in [4.78, 5) is 14.7. The average Bonchev–Trinajstić information content (AvgIpc) is 3.34. The number of ether oxygens (including phenoxy) is 2. The fraction of sp³-hybridized carbons (Fsp3) is 0.583. The van der Waals surface area contributed by atoms with Gasteiger partial charge >= 0.3 is 0 Å². The summed E-state index contributed by atoms with van der Waals surface area (Å²) in [6, 6.07) is 9.99. The highest BCUT2D eigenvalue weighted by molar-refractivity contribution is 5.64. The van der Waals surface area contributed by atoms with Gasteiger partial charge in [0.25, 0.3) is 0 Å². The molecule has 7 heteroatoms. The topological polar surface area (TPSA) is 76.7 Å². The molecule has 1 aromatic carbocycles. The summed E-state index contributed by atoms with van der Waals surface area (Å²) in [6.45, 7) is 7.62. The number of benzene rings is 1.